The molecule has 1 saturated heterocycles. The zero-order valence-electron chi connectivity index (χ0n) is 10.3. The van der Waals surface area contributed by atoms with Gasteiger partial charge >= 0.3 is 5.97 Å². The fraction of sp³-hybridized carbons (Fsp3) is 0.917. The van der Waals surface area contributed by atoms with Gasteiger partial charge in [-0.25, -0.2) is 0 Å². The fourth-order valence-corrected chi connectivity index (χ4v) is 2.18. The van der Waals surface area contributed by atoms with E-state index in [0.29, 0.717) is 13.0 Å². The number of hydrogen-bond donors (Lipinski definition) is 1. The standard InChI is InChI=1S/C12H23NO3/c1-3-4-5-7-13-8-6-11(14)10(9-13)12(15)16-2/h10-11,14H,3-9H2,1-2H3/t10-,11+/m0/s1. The minimum atomic E-state index is -0.533. The topological polar surface area (TPSA) is 49.8 Å². The van der Waals surface area contributed by atoms with Gasteiger partial charge in [-0.2, -0.15) is 0 Å². The number of piperidine rings is 1. The molecule has 0 aliphatic carbocycles. The Kier molecular flexibility index (Phi) is 5.77. The van der Waals surface area contributed by atoms with Gasteiger partial charge in [0, 0.05) is 13.1 Å². The van der Waals surface area contributed by atoms with Crippen molar-refractivity contribution in [2.45, 2.75) is 38.7 Å². The molecule has 0 spiro atoms. The van der Waals surface area contributed by atoms with E-state index >= 15 is 0 Å². The number of rotatable bonds is 5. The third-order valence-corrected chi connectivity index (χ3v) is 3.24. The maximum Gasteiger partial charge on any atom is 0.312 e. The smallest absolute Gasteiger partial charge is 0.312 e. The molecule has 0 aromatic carbocycles. The number of likely N-dealkylation sites (tertiary alicyclic amines) is 1. The molecule has 1 aliphatic rings. The van der Waals surface area contributed by atoms with E-state index in [-0.39, 0.29) is 11.9 Å². The van der Waals surface area contributed by atoms with Crippen LogP contribution in [-0.2, 0) is 9.53 Å². The Labute approximate surface area is 97.6 Å². The van der Waals surface area contributed by atoms with Gasteiger partial charge in [-0.05, 0) is 19.4 Å². The predicted molar refractivity (Wildman–Crippen MR) is 62.1 cm³/mol. The van der Waals surface area contributed by atoms with Crippen LogP contribution in [0.1, 0.15) is 32.6 Å². The number of aliphatic hydroxyl groups excluding tert-OH is 1. The summed E-state index contributed by atoms with van der Waals surface area (Å²) >= 11 is 0. The van der Waals surface area contributed by atoms with Crippen molar-refractivity contribution in [2.24, 2.45) is 5.92 Å². The molecule has 1 aliphatic heterocycles. The van der Waals surface area contributed by atoms with Gasteiger partial charge < -0.3 is 14.7 Å². The van der Waals surface area contributed by atoms with E-state index in [9.17, 15) is 9.90 Å². The number of carbonyl (C=O) groups is 1. The van der Waals surface area contributed by atoms with Crippen LogP contribution in [-0.4, -0.2) is 48.8 Å². The quantitative estimate of drug-likeness (QED) is 0.565. The number of unbranched alkanes of at least 4 members (excludes halogenated alkanes) is 2. The SMILES string of the molecule is CCCCCN1CC[C@@H](O)[C@@H](C(=O)OC)C1. The van der Waals surface area contributed by atoms with Crippen LogP contribution in [0, 0.1) is 5.92 Å². The van der Waals surface area contributed by atoms with E-state index in [1.54, 1.807) is 0 Å². The lowest BCUT2D eigenvalue weighted by Gasteiger charge is -2.34. The van der Waals surface area contributed by atoms with Crippen molar-refractivity contribution in [1.29, 1.82) is 0 Å². The molecule has 0 aromatic heterocycles. The Morgan fingerprint density at radius 3 is 2.88 bits per heavy atom. The molecule has 1 rings (SSSR count). The van der Waals surface area contributed by atoms with Gasteiger partial charge in [0.05, 0.1) is 19.1 Å². The highest BCUT2D eigenvalue weighted by atomic mass is 16.5. The molecule has 1 fully saturated rings. The monoisotopic (exact) mass is 229 g/mol. The lowest BCUT2D eigenvalue weighted by atomic mass is 9.94. The van der Waals surface area contributed by atoms with Crippen LogP contribution in [0.15, 0.2) is 0 Å². The van der Waals surface area contributed by atoms with Crippen LogP contribution >= 0.6 is 0 Å². The van der Waals surface area contributed by atoms with Crippen molar-refractivity contribution in [3.05, 3.63) is 0 Å². The Morgan fingerprint density at radius 2 is 2.25 bits per heavy atom. The second kappa shape index (κ2) is 6.86. The second-order valence-corrected chi connectivity index (χ2v) is 4.49. The highest BCUT2D eigenvalue weighted by Gasteiger charge is 2.33. The van der Waals surface area contributed by atoms with Gasteiger partial charge in [-0.15, -0.1) is 0 Å². The summed E-state index contributed by atoms with van der Waals surface area (Å²) < 4.78 is 4.71. The Morgan fingerprint density at radius 1 is 1.50 bits per heavy atom. The molecule has 94 valence electrons. The van der Waals surface area contributed by atoms with Crippen LogP contribution in [0.3, 0.4) is 0 Å². The van der Waals surface area contributed by atoms with E-state index in [2.05, 4.69) is 11.8 Å². The van der Waals surface area contributed by atoms with E-state index in [4.69, 9.17) is 4.74 Å². The van der Waals surface area contributed by atoms with Crippen molar-refractivity contribution in [1.82, 2.24) is 4.90 Å². The average Bonchev–Trinajstić information content (AvgIpc) is 2.30. The second-order valence-electron chi connectivity index (χ2n) is 4.49. The zero-order chi connectivity index (χ0) is 12.0. The summed E-state index contributed by atoms with van der Waals surface area (Å²) in [6.07, 6.45) is 3.74. The largest absolute Gasteiger partial charge is 0.469 e. The summed E-state index contributed by atoms with van der Waals surface area (Å²) in [6.45, 7) is 4.72. The number of aliphatic hydroxyl groups is 1. The molecule has 1 N–H and O–H groups in total. The number of methoxy groups -OCH3 is 1. The van der Waals surface area contributed by atoms with Gasteiger partial charge in [0.15, 0.2) is 0 Å². The third-order valence-electron chi connectivity index (χ3n) is 3.24. The minimum absolute atomic E-state index is 0.285. The minimum Gasteiger partial charge on any atom is -0.469 e. The van der Waals surface area contributed by atoms with Gasteiger partial charge in [-0.3, -0.25) is 4.79 Å². The van der Waals surface area contributed by atoms with Crippen LogP contribution in [0.2, 0.25) is 0 Å². The molecule has 4 heteroatoms. The molecule has 1 heterocycles. The lowest BCUT2D eigenvalue weighted by Crippen LogP contribution is -2.47. The molecule has 2 atom stereocenters. The highest BCUT2D eigenvalue weighted by Crippen LogP contribution is 2.19. The number of nitrogens with zero attached hydrogens (tertiary/aromatic N) is 1. The first-order chi connectivity index (χ1) is 7.69. The van der Waals surface area contributed by atoms with Crippen LogP contribution in [0.5, 0.6) is 0 Å². The van der Waals surface area contributed by atoms with E-state index in [1.165, 1.54) is 26.4 Å². The lowest BCUT2D eigenvalue weighted by molar-refractivity contribution is -0.152. The summed E-state index contributed by atoms with van der Waals surface area (Å²) in [5.74, 6) is -0.645. The van der Waals surface area contributed by atoms with Crippen LogP contribution < -0.4 is 0 Å². The molecule has 0 bridgehead atoms. The molecule has 0 amide bonds. The van der Waals surface area contributed by atoms with Gasteiger partial charge in [0.25, 0.3) is 0 Å². The molecule has 0 saturated carbocycles. The first kappa shape index (κ1) is 13.5. The summed E-state index contributed by atoms with van der Waals surface area (Å²) in [7, 11) is 1.38. The van der Waals surface area contributed by atoms with E-state index < -0.39 is 6.10 Å². The summed E-state index contributed by atoms with van der Waals surface area (Å²) in [5.41, 5.74) is 0. The fourth-order valence-electron chi connectivity index (χ4n) is 2.18. The van der Waals surface area contributed by atoms with Crippen LogP contribution in [0.4, 0.5) is 0 Å². The van der Waals surface area contributed by atoms with Crippen molar-refractivity contribution >= 4 is 5.97 Å². The van der Waals surface area contributed by atoms with Crippen molar-refractivity contribution in [3.63, 3.8) is 0 Å². The number of carbonyl (C=O) groups excluding carboxylic acids is 1. The predicted octanol–water partition coefficient (Wildman–Crippen LogP) is 1.03. The Bertz CT molecular complexity index is 220. The number of esters is 1. The molecule has 0 aromatic rings. The average molecular weight is 229 g/mol. The number of ether oxygens (including phenoxy) is 1. The Hall–Kier alpha value is -0.610. The van der Waals surface area contributed by atoms with Gasteiger partial charge in [-0.1, -0.05) is 19.8 Å². The van der Waals surface area contributed by atoms with Crippen LogP contribution in [0.25, 0.3) is 0 Å². The van der Waals surface area contributed by atoms with Crippen molar-refractivity contribution < 1.29 is 14.6 Å². The zero-order valence-corrected chi connectivity index (χ0v) is 10.3. The molecule has 0 unspecified atom stereocenters. The summed E-state index contributed by atoms with van der Waals surface area (Å²) in [4.78, 5) is 13.7. The normalized spacial score (nSPS) is 26.7. The summed E-state index contributed by atoms with van der Waals surface area (Å²) in [6, 6.07) is 0. The molecule has 4 nitrogen and oxygen atoms in total. The van der Waals surface area contributed by atoms with E-state index in [1.807, 2.05) is 0 Å². The molecular weight excluding hydrogens is 206 g/mol. The Balaban J connectivity index is 2.38. The first-order valence-corrected chi connectivity index (χ1v) is 6.17. The first-order valence-electron chi connectivity index (χ1n) is 6.17. The van der Waals surface area contributed by atoms with E-state index in [0.717, 1.165) is 13.1 Å². The molecular formula is C12H23NO3. The van der Waals surface area contributed by atoms with Gasteiger partial charge in [0.1, 0.15) is 0 Å². The highest BCUT2D eigenvalue weighted by molar-refractivity contribution is 5.73. The summed E-state index contributed by atoms with van der Waals surface area (Å²) in [5, 5.41) is 9.73. The number of hydrogen-bond acceptors (Lipinski definition) is 4. The maximum absolute atomic E-state index is 11.4. The maximum atomic E-state index is 11.4. The molecule has 16 heavy (non-hydrogen) atoms. The van der Waals surface area contributed by atoms with Crippen molar-refractivity contribution in [3.8, 4) is 0 Å². The molecule has 0 radical (unpaired) electrons. The third kappa shape index (κ3) is 3.76. The van der Waals surface area contributed by atoms with Crippen molar-refractivity contribution in [2.75, 3.05) is 26.7 Å². The van der Waals surface area contributed by atoms with Gasteiger partial charge in [0.2, 0.25) is 0 Å².